The highest BCUT2D eigenvalue weighted by molar-refractivity contribution is 8.01. The van der Waals surface area contributed by atoms with Crippen molar-refractivity contribution in [3.8, 4) is 0 Å². The Labute approximate surface area is 173 Å². The maximum absolute atomic E-state index is 13.4. The van der Waals surface area contributed by atoms with Crippen molar-refractivity contribution in [2.75, 3.05) is 6.26 Å². The summed E-state index contributed by atoms with van der Waals surface area (Å²) < 4.78 is 0. The van der Waals surface area contributed by atoms with Crippen LogP contribution in [0.25, 0.3) is 0 Å². The lowest BCUT2D eigenvalue weighted by atomic mass is 9.90. The standard InChI is InChI=1S/C24H31OPS/c1-27-23-17-9-15-21(23)24(25)20-14-8-16-22(20)26(18-10-4-2-5-11-18)19-12-6-3-7-13-19/h8-9,14-19H,2-7,10-13H2,1H3. The molecule has 3 heteroatoms. The minimum absolute atomic E-state index is 0.226. The molecule has 0 saturated heterocycles. The summed E-state index contributed by atoms with van der Waals surface area (Å²) in [5, 5.41) is 1.12. The molecule has 1 nitrogen and oxygen atoms in total. The molecule has 144 valence electrons. The average molecular weight is 399 g/mol. The number of hydrogen-bond donors (Lipinski definition) is 0. The predicted octanol–water partition coefficient (Wildman–Crippen LogP) is 6.53. The van der Waals surface area contributed by atoms with Crippen LogP contribution in [0.1, 0.15) is 64.2 Å². The second-order valence-corrected chi connectivity index (χ2v) is 11.8. The zero-order chi connectivity index (χ0) is 18.6. The first kappa shape index (κ1) is 20.7. The first-order chi connectivity index (χ1) is 13.3. The Bertz CT molecular complexity index is 465. The van der Waals surface area contributed by atoms with Crippen molar-refractivity contribution in [2.24, 2.45) is 0 Å². The quantitative estimate of drug-likeness (QED) is 0.473. The molecule has 0 unspecified atom stereocenters. The molecule has 0 aromatic rings. The van der Waals surface area contributed by atoms with E-state index in [1.807, 2.05) is 12.8 Å². The van der Waals surface area contributed by atoms with Crippen molar-refractivity contribution in [3.05, 3.63) is 61.3 Å². The summed E-state index contributed by atoms with van der Waals surface area (Å²) in [5.74, 6) is 2.17. The number of thioether (sulfide) groups is 1. The van der Waals surface area contributed by atoms with Gasteiger partial charge < -0.3 is 0 Å². The molecule has 0 heterocycles. The van der Waals surface area contributed by atoms with Gasteiger partial charge in [-0.25, -0.2) is 0 Å². The van der Waals surface area contributed by atoms with Crippen molar-refractivity contribution in [1.82, 2.24) is 0 Å². The Morgan fingerprint density at radius 3 is 1.96 bits per heavy atom. The Morgan fingerprint density at radius 2 is 1.37 bits per heavy atom. The molecule has 4 aliphatic carbocycles. The van der Waals surface area contributed by atoms with E-state index in [1.165, 1.54) is 69.9 Å². The summed E-state index contributed by atoms with van der Waals surface area (Å²) in [7, 11) is -0.226. The molecule has 0 aromatic heterocycles. The van der Waals surface area contributed by atoms with Gasteiger partial charge >= 0.3 is 0 Å². The molecule has 0 amide bonds. The number of carbonyl (C=O) groups is 1. The van der Waals surface area contributed by atoms with Gasteiger partial charge in [-0.3, -0.25) is 4.79 Å². The summed E-state index contributed by atoms with van der Waals surface area (Å²) in [6.45, 7) is 0. The lowest BCUT2D eigenvalue weighted by Crippen LogP contribution is -2.29. The molecule has 4 rings (SSSR count). The van der Waals surface area contributed by atoms with Crippen molar-refractivity contribution in [3.63, 3.8) is 0 Å². The summed E-state index contributed by atoms with van der Waals surface area (Å²) >= 11 is 1.68. The largest absolute Gasteiger partial charge is 0.298 e. The molecule has 0 bridgehead atoms. The van der Waals surface area contributed by atoms with Crippen molar-refractivity contribution in [2.45, 2.75) is 75.5 Å². The molecule has 4 aliphatic rings. The summed E-state index contributed by atoms with van der Waals surface area (Å²) in [6, 6.07) is 0. The molecule has 10 radical (unpaired) electrons. The van der Waals surface area contributed by atoms with Crippen LogP contribution in [0.3, 0.4) is 0 Å². The van der Waals surface area contributed by atoms with Crippen LogP contribution in [0.2, 0.25) is 0 Å². The van der Waals surface area contributed by atoms with Gasteiger partial charge in [-0.1, -0.05) is 46.4 Å². The Balaban J connectivity index is 1.53. The average Bonchev–Trinajstić information content (AvgIpc) is 3.39. The molecule has 27 heavy (non-hydrogen) atoms. The van der Waals surface area contributed by atoms with E-state index in [2.05, 4.69) is 31.9 Å². The fourth-order valence-electron chi connectivity index (χ4n) is 5.15. The third-order valence-corrected chi connectivity index (χ3v) is 10.8. The van der Waals surface area contributed by atoms with Gasteiger partial charge in [0.05, 0.1) is 11.8 Å². The summed E-state index contributed by atoms with van der Waals surface area (Å²) in [5.41, 5.74) is 3.11. The molecular weight excluding hydrogens is 367 g/mol. The third kappa shape index (κ3) is 4.63. The van der Waals surface area contributed by atoms with Gasteiger partial charge in [0.1, 0.15) is 5.78 Å². The number of Topliss-reactive ketones (excluding diaryl/α,β-unsaturated/α-hetero) is 1. The Morgan fingerprint density at radius 1 is 0.815 bits per heavy atom. The fraction of sp³-hybridized carbons (Fsp3) is 0.542. The maximum atomic E-state index is 13.4. The molecule has 0 aromatic carbocycles. The van der Waals surface area contributed by atoms with Crippen LogP contribution in [0.4, 0.5) is 0 Å². The highest BCUT2D eigenvalue weighted by Crippen LogP contribution is 2.68. The van der Waals surface area contributed by atoms with Crippen LogP contribution in [0, 0.1) is 61.3 Å². The van der Waals surface area contributed by atoms with Gasteiger partial charge in [-0.05, 0) is 81.8 Å². The van der Waals surface area contributed by atoms with Gasteiger partial charge in [0.2, 0.25) is 0 Å². The number of hydrogen-bond acceptors (Lipinski definition) is 2. The second kappa shape index (κ2) is 9.97. The summed E-state index contributed by atoms with van der Waals surface area (Å²) in [4.78, 5) is 13.4. The predicted molar refractivity (Wildman–Crippen MR) is 118 cm³/mol. The minimum Gasteiger partial charge on any atom is -0.298 e. The lowest BCUT2D eigenvalue weighted by molar-refractivity contribution is -0.114. The smallest absolute Gasteiger partial charge is 0.150 e. The van der Waals surface area contributed by atoms with E-state index in [9.17, 15) is 4.79 Å². The zero-order valence-corrected chi connectivity index (χ0v) is 18.2. The third-order valence-electron chi connectivity index (χ3n) is 6.49. The van der Waals surface area contributed by atoms with Gasteiger partial charge in [-0.2, -0.15) is 11.8 Å². The maximum Gasteiger partial charge on any atom is 0.150 e. The molecular formula is C24H31OPS. The zero-order valence-electron chi connectivity index (χ0n) is 16.5. The van der Waals surface area contributed by atoms with E-state index in [0.29, 0.717) is 0 Å². The molecule has 4 saturated carbocycles. The van der Waals surface area contributed by atoms with E-state index < -0.39 is 0 Å². The number of rotatable bonds is 6. The first-order valence-electron chi connectivity index (χ1n) is 10.7. The lowest BCUT2D eigenvalue weighted by Gasteiger charge is -2.43. The molecule has 0 aliphatic heterocycles. The molecule has 0 spiro atoms. The second-order valence-electron chi connectivity index (χ2n) is 8.15. The van der Waals surface area contributed by atoms with Gasteiger partial charge in [0.25, 0.3) is 0 Å². The Kier molecular flexibility index (Phi) is 7.65. The van der Waals surface area contributed by atoms with Crippen LogP contribution in [-0.4, -0.2) is 23.4 Å². The van der Waals surface area contributed by atoms with Crippen molar-refractivity contribution in [1.29, 1.82) is 0 Å². The van der Waals surface area contributed by atoms with Gasteiger partial charge in [-0.15, -0.1) is 0 Å². The van der Waals surface area contributed by atoms with Crippen LogP contribution >= 0.6 is 19.7 Å². The van der Waals surface area contributed by atoms with Crippen LogP contribution in [0.5, 0.6) is 0 Å². The number of carbonyl (C=O) groups excluding carboxylic acids is 1. The Hall–Kier alpha value is 0.450. The highest BCUT2D eigenvalue weighted by atomic mass is 32.2. The normalized spacial score (nSPS) is 28.5. The van der Waals surface area contributed by atoms with Crippen LogP contribution in [-0.2, 0) is 4.79 Å². The van der Waals surface area contributed by atoms with E-state index in [0.717, 1.165) is 28.4 Å². The van der Waals surface area contributed by atoms with Gasteiger partial charge in [0.15, 0.2) is 0 Å². The summed E-state index contributed by atoms with van der Waals surface area (Å²) in [6.07, 6.45) is 28.6. The minimum atomic E-state index is -0.226. The molecule has 0 atom stereocenters. The van der Waals surface area contributed by atoms with E-state index >= 15 is 0 Å². The fourth-order valence-corrected chi connectivity index (χ4v) is 9.69. The molecule has 0 N–H and O–H groups in total. The first-order valence-corrected chi connectivity index (χ1v) is 13.4. The van der Waals surface area contributed by atoms with E-state index in [4.69, 9.17) is 0 Å². The van der Waals surface area contributed by atoms with E-state index in [1.54, 1.807) is 11.8 Å². The molecule has 4 fully saturated rings. The van der Waals surface area contributed by atoms with Crippen molar-refractivity contribution < 1.29 is 4.79 Å². The van der Waals surface area contributed by atoms with Gasteiger partial charge in [0, 0.05) is 10.9 Å². The SMILES string of the molecule is CS[C]1[CH][CH][CH][C]1C(=O)[C]1[CH][CH][CH][C]1P(C1CCCCC1)C1CCCCC1. The van der Waals surface area contributed by atoms with Crippen LogP contribution in [0.15, 0.2) is 0 Å². The monoisotopic (exact) mass is 398 g/mol. The van der Waals surface area contributed by atoms with E-state index in [-0.39, 0.29) is 13.7 Å². The van der Waals surface area contributed by atoms with Crippen LogP contribution < -0.4 is 0 Å². The highest BCUT2D eigenvalue weighted by Gasteiger charge is 2.48. The topological polar surface area (TPSA) is 17.1 Å². The number of ketones is 1. The van der Waals surface area contributed by atoms with Crippen molar-refractivity contribution >= 4 is 25.5 Å².